The summed E-state index contributed by atoms with van der Waals surface area (Å²) in [6.45, 7) is 7.01. The van der Waals surface area contributed by atoms with Crippen LogP contribution in [0.4, 0.5) is 5.69 Å². The Balaban J connectivity index is 2.03. The summed E-state index contributed by atoms with van der Waals surface area (Å²) < 4.78 is 0. The molecule has 2 N–H and O–H groups in total. The SMILES string of the molecule is Cc1ccc(Cl)c(NC(=O)CN2CCNC[C@@H]2C)c1Cl. The van der Waals surface area contributed by atoms with Gasteiger partial charge in [-0.2, -0.15) is 0 Å². The first-order valence-electron chi connectivity index (χ1n) is 6.68. The number of nitrogens with one attached hydrogen (secondary N) is 2. The van der Waals surface area contributed by atoms with E-state index in [1.54, 1.807) is 6.07 Å². The topological polar surface area (TPSA) is 44.4 Å². The highest BCUT2D eigenvalue weighted by Crippen LogP contribution is 2.32. The van der Waals surface area contributed by atoms with Crippen molar-refractivity contribution in [3.63, 3.8) is 0 Å². The van der Waals surface area contributed by atoms with Crippen molar-refractivity contribution in [2.75, 3.05) is 31.5 Å². The normalized spacial score (nSPS) is 19.9. The van der Waals surface area contributed by atoms with Crippen LogP contribution in [-0.4, -0.2) is 43.0 Å². The molecule has 4 nitrogen and oxygen atoms in total. The minimum atomic E-state index is -0.0897. The Kier molecular flexibility index (Phi) is 5.27. The summed E-state index contributed by atoms with van der Waals surface area (Å²) in [7, 11) is 0. The molecule has 0 saturated carbocycles. The summed E-state index contributed by atoms with van der Waals surface area (Å²) in [4.78, 5) is 14.3. The molecule has 0 aliphatic carbocycles. The highest BCUT2D eigenvalue weighted by atomic mass is 35.5. The maximum atomic E-state index is 12.2. The van der Waals surface area contributed by atoms with Crippen LogP contribution in [0.3, 0.4) is 0 Å². The van der Waals surface area contributed by atoms with Gasteiger partial charge >= 0.3 is 0 Å². The number of halogens is 2. The van der Waals surface area contributed by atoms with Crippen LogP contribution in [-0.2, 0) is 4.79 Å². The number of carbonyl (C=O) groups is 1. The number of rotatable bonds is 3. The van der Waals surface area contributed by atoms with Gasteiger partial charge in [-0.25, -0.2) is 0 Å². The molecule has 0 radical (unpaired) electrons. The van der Waals surface area contributed by atoms with Gasteiger partial charge in [-0.05, 0) is 25.5 Å². The zero-order valence-corrected chi connectivity index (χ0v) is 13.2. The second-order valence-electron chi connectivity index (χ2n) is 5.13. The van der Waals surface area contributed by atoms with E-state index in [0.717, 1.165) is 25.2 Å². The first-order chi connectivity index (χ1) is 9.49. The Morgan fingerprint density at radius 1 is 1.50 bits per heavy atom. The first kappa shape index (κ1) is 15.6. The highest BCUT2D eigenvalue weighted by molar-refractivity contribution is 6.40. The number of hydrogen-bond donors (Lipinski definition) is 2. The Labute approximate surface area is 129 Å². The van der Waals surface area contributed by atoms with Gasteiger partial charge in [0.15, 0.2) is 0 Å². The zero-order chi connectivity index (χ0) is 14.7. The van der Waals surface area contributed by atoms with Gasteiger partial charge in [-0.15, -0.1) is 0 Å². The van der Waals surface area contributed by atoms with Crippen molar-refractivity contribution in [1.29, 1.82) is 0 Å². The van der Waals surface area contributed by atoms with E-state index >= 15 is 0 Å². The Bertz CT molecular complexity index is 507. The maximum Gasteiger partial charge on any atom is 0.238 e. The van der Waals surface area contributed by atoms with E-state index in [2.05, 4.69) is 22.5 Å². The highest BCUT2D eigenvalue weighted by Gasteiger charge is 2.21. The van der Waals surface area contributed by atoms with Gasteiger partial charge in [0, 0.05) is 25.7 Å². The van der Waals surface area contributed by atoms with Gasteiger partial charge in [0.1, 0.15) is 0 Å². The molecule has 1 fully saturated rings. The van der Waals surface area contributed by atoms with Crippen molar-refractivity contribution < 1.29 is 4.79 Å². The summed E-state index contributed by atoms with van der Waals surface area (Å²) in [5, 5.41) is 7.08. The van der Waals surface area contributed by atoms with Crippen LogP contribution in [0.2, 0.25) is 10.0 Å². The summed E-state index contributed by atoms with van der Waals surface area (Å²) in [5.74, 6) is -0.0897. The van der Waals surface area contributed by atoms with E-state index in [1.165, 1.54) is 0 Å². The van der Waals surface area contributed by atoms with E-state index in [1.807, 2.05) is 13.0 Å². The van der Waals surface area contributed by atoms with Crippen molar-refractivity contribution in [2.24, 2.45) is 0 Å². The predicted octanol–water partition coefficient (Wildman–Crippen LogP) is 2.53. The van der Waals surface area contributed by atoms with Gasteiger partial charge in [-0.3, -0.25) is 9.69 Å². The van der Waals surface area contributed by atoms with Crippen molar-refractivity contribution in [3.8, 4) is 0 Å². The van der Waals surface area contributed by atoms with Crippen LogP contribution < -0.4 is 10.6 Å². The maximum absolute atomic E-state index is 12.2. The fourth-order valence-electron chi connectivity index (χ4n) is 2.25. The predicted molar refractivity (Wildman–Crippen MR) is 83.7 cm³/mol. The number of aryl methyl sites for hydroxylation is 1. The van der Waals surface area contributed by atoms with E-state index in [9.17, 15) is 4.79 Å². The lowest BCUT2D eigenvalue weighted by Gasteiger charge is -2.33. The molecule has 110 valence electrons. The Hall–Kier alpha value is -0.810. The van der Waals surface area contributed by atoms with E-state index in [0.29, 0.717) is 28.3 Å². The quantitative estimate of drug-likeness (QED) is 0.901. The second kappa shape index (κ2) is 6.76. The van der Waals surface area contributed by atoms with Crippen molar-refractivity contribution in [3.05, 3.63) is 27.7 Å². The van der Waals surface area contributed by atoms with E-state index in [4.69, 9.17) is 23.2 Å². The summed E-state index contributed by atoms with van der Waals surface area (Å²) in [5.41, 5.74) is 1.39. The average Bonchev–Trinajstić information content (AvgIpc) is 2.42. The summed E-state index contributed by atoms with van der Waals surface area (Å²) in [6.07, 6.45) is 0. The molecule has 2 rings (SSSR count). The molecule has 20 heavy (non-hydrogen) atoms. The Morgan fingerprint density at radius 3 is 2.95 bits per heavy atom. The zero-order valence-electron chi connectivity index (χ0n) is 11.7. The van der Waals surface area contributed by atoms with Crippen LogP contribution in [0, 0.1) is 6.92 Å². The second-order valence-corrected chi connectivity index (χ2v) is 5.91. The molecule has 1 saturated heterocycles. The molecule has 1 aromatic carbocycles. The lowest BCUT2D eigenvalue weighted by atomic mass is 10.2. The number of hydrogen-bond acceptors (Lipinski definition) is 3. The van der Waals surface area contributed by atoms with E-state index < -0.39 is 0 Å². The van der Waals surface area contributed by atoms with E-state index in [-0.39, 0.29) is 5.91 Å². The van der Waals surface area contributed by atoms with Crippen LogP contribution in [0.15, 0.2) is 12.1 Å². The molecular weight excluding hydrogens is 297 g/mol. The molecule has 1 heterocycles. The van der Waals surface area contributed by atoms with Gasteiger partial charge < -0.3 is 10.6 Å². The molecule has 0 unspecified atom stereocenters. The number of anilines is 1. The van der Waals surface area contributed by atoms with Crippen molar-refractivity contribution in [2.45, 2.75) is 19.9 Å². The summed E-state index contributed by atoms with van der Waals surface area (Å²) in [6, 6.07) is 3.92. The fourth-order valence-corrected chi connectivity index (χ4v) is 2.72. The molecule has 1 amide bonds. The molecule has 6 heteroatoms. The van der Waals surface area contributed by atoms with Gasteiger partial charge in [0.2, 0.25) is 5.91 Å². The van der Waals surface area contributed by atoms with Crippen LogP contribution in [0.1, 0.15) is 12.5 Å². The van der Waals surface area contributed by atoms with Crippen molar-refractivity contribution >= 4 is 34.8 Å². The van der Waals surface area contributed by atoms with Gasteiger partial charge in [0.05, 0.1) is 22.3 Å². The van der Waals surface area contributed by atoms with Gasteiger partial charge in [-0.1, -0.05) is 29.3 Å². The average molecular weight is 316 g/mol. The summed E-state index contributed by atoms with van der Waals surface area (Å²) >= 11 is 12.3. The van der Waals surface area contributed by atoms with Crippen LogP contribution in [0.5, 0.6) is 0 Å². The molecule has 0 aromatic heterocycles. The van der Waals surface area contributed by atoms with Crippen LogP contribution in [0.25, 0.3) is 0 Å². The smallest absolute Gasteiger partial charge is 0.238 e. The number of carbonyl (C=O) groups excluding carboxylic acids is 1. The number of amides is 1. The Morgan fingerprint density at radius 2 is 2.25 bits per heavy atom. The molecule has 1 atom stereocenters. The number of piperazine rings is 1. The minimum absolute atomic E-state index is 0.0897. The third-order valence-electron chi connectivity index (χ3n) is 3.53. The third-order valence-corrected chi connectivity index (χ3v) is 4.34. The monoisotopic (exact) mass is 315 g/mol. The number of benzene rings is 1. The molecule has 1 aliphatic rings. The lowest BCUT2D eigenvalue weighted by molar-refractivity contribution is -0.118. The third kappa shape index (κ3) is 3.64. The number of nitrogens with zero attached hydrogens (tertiary/aromatic N) is 1. The van der Waals surface area contributed by atoms with Crippen LogP contribution >= 0.6 is 23.2 Å². The molecular formula is C14H19Cl2N3O. The standard InChI is InChI=1S/C14H19Cl2N3O/c1-9-3-4-11(15)14(13(9)16)18-12(20)8-19-6-5-17-7-10(19)2/h3-4,10,17H,5-8H2,1-2H3,(H,18,20)/t10-/m0/s1. The minimum Gasteiger partial charge on any atom is -0.322 e. The molecule has 0 spiro atoms. The van der Waals surface area contributed by atoms with Gasteiger partial charge in [0.25, 0.3) is 0 Å². The lowest BCUT2D eigenvalue weighted by Crippen LogP contribution is -2.52. The fraction of sp³-hybridized carbons (Fsp3) is 0.500. The molecule has 1 aromatic rings. The largest absolute Gasteiger partial charge is 0.322 e. The molecule has 1 aliphatic heterocycles. The van der Waals surface area contributed by atoms with Crippen molar-refractivity contribution in [1.82, 2.24) is 10.2 Å². The first-order valence-corrected chi connectivity index (χ1v) is 7.44. The molecule has 0 bridgehead atoms.